The van der Waals surface area contributed by atoms with E-state index < -0.39 is 38.7 Å². The van der Waals surface area contributed by atoms with Gasteiger partial charge in [0.1, 0.15) is 10.3 Å². The first-order valence-electron chi connectivity index (χ1n) is 10.5. The number of amides is 1. The summed E-state index contributed by atoms with van der Waals surface area (Å²) < 4.78 is 30.8. The van der Waals surface area contributed by atoms with E-state index in [2.05, 4.69) is 0 Å². The van der Waals surface area contributed by atoms with Gasteiger partial charge in [0.25, 0.3) is 0 Å². The Bertz CT molecular complexity index is 1120. The van der Waals surface area contributed by atoms with Crippen molar-refractivity contribution in [3.8, 4) is 10.4 Å². The number of carbonyl (C=O) groups excluding carboxylic acids is 1. The number of carbonyl (C=O) groups is 2. The van der Waals surface area contributed by atoms with Crippen LogP contribution in [0, 0.1) is 0 Å². The van der Waals surface area contributed by atoms with Crippen LogP contribution in [-0.2, 0) is 24.1 Å². The summed E-state index contributed by atoms with van der Waals surface area (Å²) in [4.78, 5) is 28.2. The van der Waals surface area contributed by atoms with Gasteiger partial charge in [-0.2, -0.15) is 0 Å². The third-order valence-electron chi connectivity index (χ3n) is 5.53. The van der Waals surface area contributed by atoms with Gasteiger partial charge in [-0.05, 0) is 63.3 Å². The van der Waals surface area contributed by atoms with Crippen molar-refractivity contribution >= 4 is 45.0 Å². The van der Waals surface area contributed by atoms with Gasteiger partial charge in [-0.15, -0.1) is 23.1 Å². The van der Waals surface area contributed by atoms with Crippen LogP contribution in [0.4, 0.5) is 4.79 Å². The molecule has 10 heteroatoms. The van der Waals surface area contributed by atoms with Gasteiger partial charge in [-0.1, -0.05) is 12.1 Å². The van der Waals surface area contributed by atoms with E-state index in [1.807, 2.05) is 36.6 Å². The summed E-state index contributed by atoms with van der Waals surface area (Å²) >= 11 is 2.92. The zero-order chi connectivity index (χ0) is 24.4. The number of benzene rings is 1. The van der Waals surface area contributed by atoms with Gasteiger partial charge in [0.15, 0.2) is 9.84 Å². The number of hydrogen-bond donors (Lipinski definition) is 1. The van der Waals surface area contributed by atoms with Crippen molar-refractivity contribution in [3.63, 3.8) is 0 Å². The Labute approximate surface area is 203 Å². The molecule has 0 spiro atoms. The highest BCUT2D eigenvalue weighted by Gasteiger charge is 2.50. The topological polar surface area (TPSA) is 101 Å². The molecular weight excluding hydrogens is 482 g/mol. The Hall–Kier alpha value is -2.04. The number of thioether (sulfide) groups is 1. The lowest BCUT2D eigenvalue weighted by molar-refractivity contribution is -0.137. The van der Waals surface area contributed by atoms with E-state index in [-0.39, 0.29) is 25.3 Å². The average Bonchev–Trinajstić information content (AvgIpc) is 3.17. The van der Waals surface area contributed by atoms with E-state index in [1.165, 1.54) is 16.2 Å². The quantitative estimate of drug-likeness (QED) is 0.572. The molecule has 1 amide bonds. The standard InChI is InChI=1S/C23H29NO6S3/c1-22(2,3)30-21(27)24-12-11-23(15-20(25)26,33(28,29)14-13-24)19-10-9-18(32-19)16-5-7-17(31-4)8-6-16/h5-10H,11-15H2,1-4H3,(H,25,26). The lowest BCUT2D eigenvalue weighted by atomic mass is 9.97. The van der Waals surface area contributed by atoms with Crippen molar-refractivity contribution in [1.82, 2.24) is 4.90 Å². The largest absolute Gasteiger partial charge is 0.481 e. The van der Waals surface area contributed by atoms with Gasteiger partial charge in [0.05, 0.1) is 12.2 Å². The van der Waals surface area contributed by atoms with Crippen LogP contribution in [0.3, 0.4) is 0 Å². The lowest BCUT2D eigenvalue weighted by Crippen LogP contribution is -2.39. The summed E-state index contributed by atoms with van der Waals surface area (Å²) in [5.41, 5.74) is 0.227. The molecule has 0 saturated carbocycles. The van der Waals surface area contributed by atoms with Crippen molar-refractivity contribution in [2.24, 2.45) is 0 Å². The van der Waals surface area contributed by atoms with Gasteiger partial charge < -0.3 is 14.7 Å². The van der Waals surface area contributed by atoms with Crippen molar-refractivity contribution in [2.45, 2.75) is 48.9 Å². The highest BCUT2D eigenvalue weighted by Crippen LogP contribution is 2.45. The van der Waals surface area contributed by atoms with E-state index in [0.717, 1.165) is 15.3 Å². The van der Waals surface area contributed by atoms with Crippen LogP contribution in [0.15, 0.2) is 41.3 Å². The molecule has 0 radical (unpaired) electrons. The van der Waals surface area contributed by atoms with Crippen LogP contribution in [-0.4, -0.2) is 61.2 Å². The maximum absolute atomic E-state index is 13.5. The molecule has 180 valence electrons. The minimum absolute atomic E-state index is 0.00770. The fraction of sp³-hybridized carbons (Fsp3) is 0.478. The van der Waals surface area contributed by atoms with Gasteiger partial charge >= 0.3 is 12.1 Å². The molecule has 1 fully saturated rings. The number of rotatable bonds is 5. The van der Waals surface area contributed by atoms with E-state index in [4.69, 9.17) is 4.74 Å². The number of aliphatic carboxylic acids is 1. The number of sulfone groups is 1. The zero-order valence-electron chi connectivity index (χ0n) is 19.2. The van der Waals surface area contributed by atoms with Crippen LogP contribution in [0.5, 0.6) is 0 Å². The summed E-state index contributed by atoms with van der Waals surface area (Å²) in [5, 5.41) is 9.66. The SMILES string of the molecule is CSc1ccc(-c2ccc(C3(CC(=O)O)CCN(C(=O)OC(C)(C)C)CCS3(=O)=O)s2)cc1. The van der Waals surface area contributed by atoms with Crippen molar-refractivity contribution < 1.29 is 27.9 Å². The molecule has 1 aromatic heterocycles. The predicted octanol–water partition coefficient (Wildman–Crippen LogP) is 4.86. The van der Waals surface area contributed by atoms with Crippen LogP contribution >= 0.6 is 23.1 Å². The van der Waals surface area contributed by atoms with Gasteiger partial charge in [-0.25, -0.2) is 13.2 Å². The predicted molar refractivity (Wildman–Crippen MR) is 132 cm³/mol. The number of carboxylic acids is 1. The number of ether oxygens (including phenoxy) is 1. The van der Waals surface area contributed by atoms with Gasteiger partial charge in [-0.3, -0.25) is 4.79 Å². The first kappa shape index (κ1) is 25.6. The Balaban J connectivity index is 1.98. The van der Waals surface area contributed by atoms with E-state index in [9.17, 15) is 23.1 Å². The second-order valence-electron chi connectivity index (χ2n) is 8.99. The molecule has 1 atom stereocenters. The Morgan fingerprint density at radius 1 is 1.15 bits per heavy atom. The van der Waals surface area contributed by atoms with Crippen LogP contribution in [0.25, 0.3) is 10.4 Å². The minimum Gasteiger partial charge on any atom is -0.481 e. The summed E-state index contributed by atoms with van der Waals surface area (Å²) in [6, 6.07) is 11.5. The molecule has 0 bridgehead atoms. The second-order valence-corrected chi connectivity index (χ2v) is 13.4. The molecule has 1 aromatic carbocycles. The molecule has 1 aliphatic heterocycles. The lowest BCUT2D eigenvalue weighted by Gasteiger charge is -2.30. The number of nitrogens with zero attached hydrogens (tertiary/aromatic N) is 1. The third kappa shape index (κ3) is 5.73. The minimum atomic E-state index is -3.88. The number of hydrogen-bond acceptors (Lipinski definition) is 7. The molecule has 2 aromatic rings. The number of thiophene rings is 1. The first-order chi connectivity index (χ1) is 15.4. The molecule has 1 unspecified atom stereocenters. The molecule has 1 saturated heterocycles. The summed E-state index contributed by atoms with van der Waals surface area (Å²) in [6.07, 6.45) is 0.838. The number of carboxylic acid groups (broad SMARTS) is 1. The van der Waals surface area contributed by atoms with Crippen molar-refractivity contribution in [2.75, 3.05) is 25.1 Å². The summed E-state index contributed by atoms with van der Waals surface area (Å²) in [5.74, 6) is -1.52. The molecule has 2 heterocycles. The average molecular weight is 512 g/mol. The molecule has 1 aliphatic rings. The van der Waals surface area contributed by atoms with E-state index in [0.29, 0.717) is 4.88 Å². The monoisotopic (exact) mass is 511 g/mol. The van der Waals surface area contributed by atoms with Crippen molar-refractivity contribution in [1.29, 1.82) is 0 Å². The smallest absolute Gasteiger partial charge is 0.410 e. The summed E-state index contributed by atoms with van der Waals surface area (Å²) in [7, 11) is -3.88. The maximum atomic E-state index is 13.5. The van der Waals surface area contributed by atoms with Crippen LogP contribution < -0.4 is 0 Å². The molecule has 3 rings (SSSR count). The normalized spacial score (nSPS) is 20.8. The van der Waals surface area contributed by atoms with Crippen LogP contribution in [0.2, 0.25) is 0 Å². The van der Waals surface area contributed by atoms with Crippen LogP contribution in [0.1, 0.15) is 38.5 Å². The fourth-order valence-corrected chi connectivity index (χ4v) is 7.83. The fourth-order valence-electron chi connectivity index (χ4n) is 3.82. The first-order valence-corrected chi connectivity index (χ1v) is 14.2. The Kier molecular flexibility index (Phi) is 7.50. The van der Waals surface area contributed by atoms with Crippen molar-refractivity contribution in [3.05, 3.63) is 41.3 Å². The highest BCUT2D eigenvalue weighted by atomic mass is 32.2. The summed E-state index contributed by atoms with van der Waals surface area (Å²) in [6.45, 7) is 5.29. The van der Waals surface area contributed by atoms with E-state index >= 15 is 0 Å². The molecular formula is C23H29NO6S3. The Morgan fingerprint density at radius 3 is 2.39 bits per heavy atom. The molecule has 1 N–H and O–H groups in total. The Morgan fingerprint density at radius 2 is 1.82 bits per heavy atom. The third-order valence-corrected chi connectivity index (χ3v) is 10.2. The maximum Gasteiger partial charge on any atom is 0.410 e. The second kappa shape index (κ2) is 9.68. The zero-order valence-corrected chi connectivity index (χ0v) is 21.6. The molecule has 33 heavy (non-hydrogen) atoms. The highest BCUT2D eigenvalue weighted by molar-refractivity contribution is 7.98. The van der Waals surface area contributed by atoms with Gasteiger partial charge in [0, 0.05) is 27.7 Å². The molecule has 0 aliphatic carbocycles. The molecule has 7 nitrogen and oxygen atoms in total. The van der Waals surface area contributed by atoms with E-state index in [1.54, 1.807) is 38.6 Å². The van der Waals surface area contributed by atoms with Gasteiger partial charge in [0.2, 0.25) is 0 Å².